The Labute approximate surface area is 174 Å². The monoisotopic (exact) mass is 424 g/mol. The van der Waals surface area contributed by atoms with Crippen molar-refractivity contribution in [3.63, 3.8) is 0 Å². The van der Waals surface area contributed by atoms with E-state index in [4.69, 9.17) is 19.2 Å². The first-order valence-electron chi connectivity index (χ1n) is 10.6. The standard InChI is InChI=1S/C23H27F3O4/c1-14-4-9-18-20(2,12-10-15-5-7-16(8-6-15)23(24,25)26)27-19-22(18)17(14)11-13-21(3,28-19)29-30-22/h5-8,10,12,14,17-19H,4,9,11,13H2,1-3H3/b12-10+/t14-,17+,18?,19+,20-,21-,22-/m1/s1. The van der Waals surface area contributed by atoms with Crippen LogP contribution in [0.1, 0.15) is 57.6 Å². The van der Waals surface area contributed by atoms with Crippen molar-refractivity contribution in [2.45, 2.75) is 75.9 Å². The Morgan fingerprint density at radius 3 is 2.43 bits per heavy atom. The lowest BCUT2D eigenvalue weighted by Crippen LogP contribution is -2.61. The van der Waals surface area contributed by atoms with Crippen molar-refractivity contribution >= 4 is 6.08 Å². The minimum absolute atomic E-state index is 0.0320. The molecule has 5 aliphatic rings. The molecule has 2 bridgehead atoms. The molecule has 4 heterocycles. The van der Waals surface area contributed by atoms with Gasteiger partial charge in [-0.15, -0.1) is 0 Å². The summed E-state index contributed by atoms with van der Waals surface area (Å²) in [5.74, 6) is -0.0439. The van der Waals surface area contributed by atoms with Gasteiger partial charge in [0.2, 0.25) is 5.79 Å². The fraction of sp³-hybridized carbons (Fsp3) is 0.652. The second-order valence-electron chi connectivity index (χ2n) is 9.61. The molecule has 7 heteroatoms. The molecule has 1 aromatic rings. The van der Waals surface area contributed by atoms with Crippen molar-refractivity contribution in [3.05, 3.63) is 41.5 Å². The summed E-state index contributed by atoms with van der Waals surface area (Å²) in [5.41, 5.74) is -1.30. The lowest BCUT2D eigenvalue weighted by Gasteiger charge is -2.50. The van der Waals surface area contributed by atoms with E-state index in [1.165, 1.54) is 12.1 Å². The van der Waals surface area contributed by atoms with Gasteiger partial charge < -0.3 is 9.47 Å². The molecular weight excluding hydrogens is 397 g/mol. The van der Waals surface area contributed by atoms with Crippen LogP contribution in [0, 0.1) is 17.8 Å². The number of rotatable bonds is 2. The summed E-state index contributed by atoms with van der Waals surface area (Å²) in [4.78, 5) is 11.9. The van der Waals surface area contributed by atoms with E-state index in [0.717, 1.165) is 37.8 Å². The van der Waals surface area contributed by atoms with Gasteiger partial charge in [-0.2, -0.15) is 13.2 Å². The molecule has 0 amide bonds. The largest absolute Gasteiger partial charge is 0.416 e. The van der Waals surface area contributed by atoms with Crippen LogP contribution in [0.15, 0.2) is 30.3 Å². The average molecular weight is 424 g/mol. The number of ether oxygens (including phenoxy) is 2. The van der Waals surface area contributed by atoms with E-state index in [0.29, 0.717) is 11.5 Å². The molecule has 0 N–H and O–H groups in total. The molecule has 0 radical (unpaired) electrons. The van der Waals surface area contributed by atoms with Crippen LogP contribution in [0.2, 0.25) is 0 Å². The molecule has 4 saturated heterocycles. The third-order valence-corrected chi connectivity index (χ3v) is 7.62. The van der Waals surface area contributed by atoms with Crippen molar-refractivity contribution in [2.24, 2.45) is 17.8 Å². The van der Waals surface area contributed by atoms with E-state index in [-0.39, 0.29) is 11.8 Å². The van der Waals surface area contributed by atoms with Crippen molar-refractivity contribution in [1.29, 1.82) is 0 Å². The highest BCUT2D eigenvalue weighted by molar-refractivity contribution is 5.52. The van der Waals surface area contributed by atoms with Crippen molar-refractivity contribution < 1.29 is 32.4 Å². The van der Waals surface area contributed by atoms with E-state index >= 15 is 0 Å². The van der Waals surface area contributed by atoms with E-state index in [1.807, 2.05) is 26.0 Å². The average Bonchev–Trinajstić information content (AvgIpc) is 2.77. The molecule has 1 unspecified atom stereocenters. The molecule has 1 saturated carbocycles. The summed E-state index contributed by atoms with van der Waals surface area (Å²) in [7, 11) is 0. The molecule has 5 fully saturated rings. The Morgan fingerprint density at radius 2 is 1.73 bits per heavy atom. The Bertz CT molecular complexity index is 853. The van der Waals surface area contributed by atoms with Gasteiger partial charge in [0.15, 0.2) is 11.9 Å². The minimum Gasteiger partial charge on any atom is -0.339 e. The summed E-state index contributed by atoms with van der Waals surface area (Å²) >= 11 is 0. The molecule has 7 atom stereocenters. The summed E-state index contributed by atoms with van der Waals surface area (Å²) in [6.07, 6.45) is 2.58. The molecular formula is C23H27F3O4. The fourth-order valence-electron chi connectivity index (χ4n) is 5.95. The quantitative estimate of drug-likeness (QED) is 0.569. The maximum absolute atomic E-state index is 12.8. The maximum atomic E-state index is 12.8. The lowest BCUT2D eigenvalue weighted by atomic mass is 9.60. The Morgan fingerprint density at radius 1 is 1.00 bits per heavy atom. The van der Waals surface area contributed by atoms with E-state index in [1.54, 1.807) is 0 Å². The Kier molecular flexibility index (Phi) is 4.47. The summed E-state index contributed by atoms with van der Waals surface area (Å²) in [6.45, 7) is 6.15. The predicted octanol–water partition coefficient (Wildman–Crippen LogP) is 5.72. The third kappa shape index (κ3) is 2.97. The lowest BCUT2D eigenvalue weighted by molar-refractivity contribution is -0.541. The van der Waals surface area contributed by atoms with E-state index < -0.39 is 35.0 Å². The molecule has 0 aromatic heterocycles. The van der Waals surface area contributed by atoms with Gasteiger partial charge >= 0.3 is 6.18 Å². The van der Waals surface area contributed by atoms with Gasteiger partial charge in [-0.3, -0.25) is 0 Å². The zero-order valence-electron chi connectivity index (χ0n) is 17.4. The van der Waals surface area contributed by atoms with Crippen molar-refractivity contribution in [1.82, 2.24) is 0 Å². The van der Waals surface area contributed by atoms with Gasteiger partial charge in [-0.25, -0.2) is 9.78 Å². The summed E-state index contributed by atoms with van der Waals surface area (Å²) in [5, 5.41) is 0. The molecule has 4 aliphatic heterocycles. The van der Waals surface area contributed by atoms with Crippen molar-refractivity contribution in [3.8, 4) is 0 Å². The number of benzene rings is 1. The van der Waals surface area contributed by atoms with E-state index in [9.17, 15) is 13.2 Å². The number of alkyl halides is 3. The molecule has 164 valence electrons. The van der Waals surface area contributed by atoms with Crippen LogP contribution >= 0.6 is 0 Å². The van der Waals surface area contributed by atoms with Gasteiger partial charge in [0.05, 0.1) is 11.2 Å². The SMILES string of the molecule is C[C@@H]1CCC2[C@]34OO[C@](C)(CC[C@@H]13)O[C@@H]4O[C@]2(C)/C=C/c1ccc(C(F)(F)F)cc1. The Hall–Kier alpha value is -1.41. The number of hydrogen-bond acceptors (Lipinski definition) is 4. The maximum Gasteiger partial charge on any atom is 0.416 e. The predicted molar refractivity (Wildman–Crippen MR) is 103 cm³/mol. The first-order valence-corrected chi connectivity index (χ1v) is 10.6. The first-order chi connectivity index (χ1) is 14.1. The second kappa shape index (κ2) is 6.55. The molecule has 6 rings (SSSR count). The van der Waals surface area contributed by atoms with Gasteiger partial charge in [0.1, 0.15) is 0 Å². The zero-order chi connectivity index (χ0) is 21.4. The van der Waals surface area contributed by atoms with Crippen LogP contribution in [0.4, 0.5) is 13.2 Å². The Balaban J connectivity index is 1.46. The highest BCUT2D eigenvalue weighted by Crippen LogP contribution is 2.63. The molecule has 4 nitrogen and oxygen atoms in total. The summed E-state index contributed by atoms with van der Waals surface area (Å²) < 4.78 is 51.2. The van der Waals surface area contributed by atoms with Crippen LogP contribution in [-0.4, -0.2) is 23.3 Å². The highest BCUT2D eigenvalue weighted by atomic mass is 19.4. The smallest absolute Gasteiger partial charge is 0.339 e. The van der Waals surface area contributed by atoms with Crippen LogP contribution in [0.3, 0.4) is 0 Å². The fourth-order valence-corrected chi connectivity index (χ4v) is 5.95. The van der Waals surface area contributed by atoms with Crippen LogP contribution in [0.25, 0.3) is 6.08 Å². The number of halogens is 3. The number of hydrogen-bond donors (Lipinski definition) is 0. The summed E-state index contributed by atoms with van der Waals surface area (Å²) in [6, 6.07) is 5.15. The van der Waals surface area contributed by atoms with Gasteiger partial charge in [0.25, 0.3) is 0 Å². The van der Waals surface area contributed by atoms with Gasteiger partial charge in [-0.05, 0) is 62.6 Å². The highest BCUT2D eigenvalue weighted by Gasteiger charge is 2.73. The second-order valence-corrected chi connectivity index (χ2v) is 9.61. The molecule has 1 aromatic carbocycles. The zero-order valence-corrected chi connectivity index (χ0v) is 17.4. The third-order valence-electron chi connectivity index (χ3n) is 7.62. The van der Waals surface area contributed by atoms with Crippen molar-refractivity contribution in [2.75, 3.05) is 0 Å². The molecule has 30 heavy (non-hydrogen) atoms. The topological polar surface area (TPSA) is 36.9 Å². The normalized spacial score (nSPS) is 45.5. The van der Waals surface area contributed by atoms with Crippen LogP contribution in [-0.2, 0) is 25.4 Å². The van der Waals surface area contributed by atoms with Crippen LogP contribution < -0.4 is 0 Å². The van der Waals surface area contributed by atoms with Gasteiger partial charge in [-0.1, -0.05) is 31.2 Å². The van der Waals surface area contributed by atoms with Gasteiger partial charge in [0, 0.05) is 12.3 Å². The van der Waals surface area contributed by atoms with E-state index in [2.05, 4.69) is 6.92 Å². The molecule has 1 spiro atoms. The number of fused-ring (bicyclic) bond motifs is 2. The minimum atomic E-state index is -4.34. The molecule has 1 aliphatic carbocycles. The first kappa shape index (κ1) is 20.5. The van der Waals surface area contributed by atoms with Crippen LogP contribution in [0.5, 0.6) is 0 Å².